The first-order valence-corrected chi connectivity index (χ1v) is 14.5. The molecule has 0 bridgehead atoms. The Morgan fingerprint density at radius 3 is 2.47 bits per heavy atom. The molecule has 0 saturated carbocycles. The van der Waals surface area contributed by atoms with Gasteiger partial charge in [0.2, 0.25) is 5.90 Å². The van der Waals surface area contributed by atoms with Gasteiger partial charge in [0.05, 0.1) is 6.61 Å². The number of ether oxygens (including phenoxy) is 3. The topological polar surface area (TPSA) is 106 Å². The molecule has 2 atom stereocenters. The molecule has 0 saturated heterocycles. The van der Waals surface area contributed by atoms with Crippen molar-refractivity contribution >= 4 is 17.8 Å². The highest BCUT2D eigenvalue weighted by atomic mass is 19.1. The lowest BCUT2D eigenvalue weighted by atomic mass is 9.83. The van der Waals surface area contributed by atoms with Gasteiger partial charge >= 0.3 is 5.97 Å². The van der Waals surface area contributed by atoms with Crippen LogP contribution in [0.25, 0.3) is 0 Å². The van der Waals surface area contributed by atoms with Crippen LogP contribution in [0.15, 0.2) is 83.9 Å². The highest BCUT2D eigenvalue weighted by Gasteiger charge is 2.53. The van der Waals surface area contributed by atoms with Gasteiger partial charge < -0.3 is 24.6 Å². The molecule has 3 aromatic rings. The molecule has 1 aliphatic rings. The molecule has 228 valence electrons. The summed E-state index contributed by atoms with van der Waals surface area (Å²) >= 11 is 0. The van der Waals surface area contributed by atoms with Crippen molar-refractivity contribution in [2.24, 2.45) is 4.99 Å². The summed E-state index contributed by atoms with van der Waals surface area (Å²) in [6.07, 6.45) is 0.0944. The Morgan fingerprint density at radius 2 is 1.79 bits per heavy atom. The summed E-state index contributed by atoms with van der Waals surface area (Å²) in [6, 6.07) is 22.7. The maximum atomic E-state index is 14.1. The summed E-state index contributed by atoms with van der Waals surface area (Å²) in [6.45, 7) is 6.03. The summed E-state index contributed by atoms with van der Waals surface area (Å²) in [7, 11) is 0. The third-order valence-electron chi connectivity index (χ3n) is 6.85. The first-order valence-electron chi connectivity index (χ1n) is 14.5. The van der Waals surface area contributed by atoms with E-state index in [0.29, 0.717) is 30.8 Å². The Hall–Kier alpha value is -4.24. The van der Waals surface area contributed by atoms with E-state index in [9.17, 15) is 14.0 Å². The Labute approximate surface area is 251 Å². The largest absolute Gasteiger partial charge is 0.494 e. The van der Waals surface area contributed by atoms with Gasteiger partial charge in [-0.05, 0) is 81.1 Å². The molecule has 0 spiro atoms. The van der Waals surface area contributed by atoms with Crippen molar-refractivity contribution in [3.8, 4) is 5.75 Å². The lowest BCUT2D eigenvalue weighted by Gasteiger charge is -2.31. The van der Waals surface area contributed by atoms with Gasteiger partial charge in [-0.3, -0.25) is 9.59 Å². The normalized spacial score (nSPS) is 18.0. The van der Waals surface area contributed by atoms with E-state index >= 15 is 0 Å². The van der Waals surface area contributed by atoms with Crippen molar-refractivity contribution in [2.45, 2.75) is 63.7 Å². The molecule has 0 aromatic heterocycles. The van der Waals surface area contributed by atoms with Gasteiger partial charge in [0.15, 0.2) is 11.6 Å². The highest BCUT2D eigenvalue weighted by Crippen LogP contribution is 2.43. The predicted molar refractivity (Wildman–Crippen MR) is 161 cm³/mol. The van der Waals surface area contributed by atoms with Crippen molar-refractivity contribution in [3.05, 3.63) is 101 Å². The summed E-state index contributed by atoms with van der Waals surface area (Å²) in [5, 5.41) is 12.0. The number of aliphatic imine (C=N–C) groups is 1. The minimum Gasteiger partial charge on any atom is -0.494 e. The number of carbonyl (C=O) groups excluding carboxylic acids is 2. The zero-order valence-corrected chi connectivity index (χ0v) is 24.8. The van der Waals surface area contributed by atoms with Gasteiger partial charge in [0.25, 0.3) is 5.91 Å². The number of hydrogen-bond donors (Lipinski definition) is 2. The molecule has 0 unspecified atom stereocenters. The van der Waals surface area contributed by atoms with Crippen molar-refractivity contribution in [1.82, 2.24) is 5.32 Å². The maximum Gasteiger partial charge on any atom is 0.306 e. The second kappa shape index (κ2) is 14.3. The number of aliphatic hydroxyl groups is 1. The van der Waals surface area contributed by atoms with Crippen molar-refractivity contribution in [1.29, 1.82) is 0 Å². The fraction of sp³-hybridized carbons (Fsp3) is 0.382. The molecule has 0 aliphatic carbocycles. The van der Waals surface area contributed by atoms with Crippen LogP contribution >= 0.6 is 0 Å². The summed E-state index contributed by atoms with van der Waals surface area (Å²) in [5.41, 5.74) is -0.0447. The summed E-state index contributed by atoms with van der Waals surface area (Å²) < 4.78 is 31.4. The molecule has 0 fully saturated rings. The molecular formula is C34H39FN2O6. The Bertz CT molecular complexity index is 1400. The van der Waals surface area contributed by atoms with Crippen LogP contribution in [0.2, 0.25) is 0 Å². The highest BCUT2D eigenvalue weighted by molar-refractivity contribution is 6.01. The average Bonchev–Trinajstić information content (AvgIpc) is 3.37. The second-order valence-electron chi connectivity index (χ2n) is 11.4. The molecule has 1 aliphatic heterocycles. The Kier molecular flexibility index (Phi) is 10.5. The standard InChI is InChI=1S/C34H39FN2O6/c1-33(2,3)43-29(39)17-19-34(32(40)36-20-18-24-9-7-12-27(35)23-24)30(25-10-5-4-6-11-25)42-31(37-34)26-13-15-28(16-14-26)41-22-8-21-38/h4-7,9-16,23,30,38H,8,17-22H2,1-3H3,(H,36,40)/t30-,34-/m1/s1. The van der Waals surface area contributed by atoms with Crippen molar-refractivity contribution in [3.63, 3.8) is 0 Å². The summed E-state index contributed by atoms with van der Waals surface area (Å²) in [5.74, 6) is -0.300. The first-order chi connectivity index (χ1) is 20.6. The monoisotopic (exact) mass is 590 g/mol. The lowest BCUT2D eigenvalue weighted by molar-refractivity contribution is -0.155. The van der Waals surface area contributed by atoms with E-state index in [2.05, 4.69) is 5.32 Å². The number of benzene rings is 3. The van der Waals surface area contributed by atoms with Crippen LogP contribution in [0.3, 0.4) is 0 Å². The average molecular weight is 591 g/mol. The first kappa shape index (κ1) is 31.7. The lowest BCUT2D eigenvalue weighted by Crippen LogP contribution is -2.49. The SMILES string of the molecule is CC(C)(C)OC(=O)CC[C@@]1(C(=O)NCCc2cccc(F)c2)N=C(c2ccc(OCCCO)cc2)O[C@@H]1c1ccccc1. The van der Waals surface area contributed by atoms with E-state index in [1.165, 1.54) is 12.1 Å². The van der Waals surface area contributed by atoms with E-state index in [-0.39, 0.29) is 37.7 Å². The number of nitrogens with zero attached hydrogens (tertiary/aromatic N) is 1. The number of rotatable bonds is 13. The predicted octanol–water partition coefficient (Wildman–Crippen LogP) is 5.32. The smallest absolute Gasteiger partial charge is 0.306 e. The van der Waals surface area contributed by atoms with E-state index in [1.807, 2.05) is 30.3 Å². The van der Waals surface area contributed by atoms with E-state index in [1.54, 1.807) is 57.2 Å². The number of halogens is 1. The number of amides is 1. The van der Waals surface area contributed by atoms with Crippen molar-refractivity contribution < 1.29 is 33.3 Å². The molecule has 9 heteroatoms. The molecule has 43 heavy (non-hydrogen) atoms. The molecular weight excluding hydrogens is 551 g/mol. The van der Waals surface area contributed by atoms with Gasteiger partial charge in [-0.1, -0.05) is 42.5 Å². The van der Waals surface area contributed by atoms with Crippen LogP contribution in [-0.4, -0.2) is 53.8 Å². The summed E-state index contributed by atoms with van der Waals surface area (Å²) in [4.78, 5) is 31.9. The van der Waals surface area contributed by atoms with Crippen LogP contribution in [0.4, 0.5) is 4.39 Å². The van der Waals surface area contributed by atoms with E-state index in [4.69, 9.17) is 24.3 Å². The fourth-order valence-corrected chi connectivity index (χ4v) is 4.85. The molecule has 1 amide bonds. The number of carbonyl (C=O) groups is 2. The van der Waals surface area contributed by atoms with Crippen molar-refractivity contribution in [2.75, 3.05) is 19.8 Å². The quantitative estimate of drug-likeness (QED) is 0.206. The van der Waals surface area contributed by atoms with E-state index < -0.39 is 29.1 Å². The van der Waals surface area contributed by atoms with Gasteiger partial charge in [-0.15, -0.1) is 0 Å². The minimum atomic E-state index is -1.48. The van der Waals surface area contributed by atoms with Crippen LogP contribution in [0.5, 0.6) is 5.75 Å². The zero-order chi connectivity index (χ0) is 30.9. The van der Waals surface area contributed by atoms with Gasteiger partial charge in [0, 0.05) is 31.6 Å². The van der Waals surface area contributed by atoms with E-state index in [0.717, 1.165) is 11.1 Å². The van der Waals surface area contributed by atoms with Gasteiger partial charge in [0.1, 0.15) is 17.2 Å². The molecule has 8 nitrogen and oxygen atoms in total. The van der Waals surface area contributed by atoms with Gasteiger partial charge in [-0.25, -0.2) is 9.38 Å². The third-order valence-corrected chi connectivity index (χ3v) is 6.85. The van der Waals surface area contributed by atoms with Crippen LogP contribution < -0.4 is 10.1 Å². The maximum absolute atomic E-state index is 14.1. The second-order valence-corrected chi connectivity index (χ2v) is 11.4. The number of nitrogens with one attached hydrogen (secondary N) is 1. The molecule has 2 N–H and O–H groups in total. The Balaban J connectivity index is 1.66. The van der Waals surface area contributed by atoms with Crippen LogP contribution in [0, 0.1) is 5.82 Å². The molecule has 0 radical (unpaired) electrons. The molecule has 3 aromatic carbocycles. The minimum absolute atomic E-state index is 0.0408. The number of aliphatic hydroxyl groups excluding tert-OH is 1. The zero-order valence-electron chi connectivity index (χ0n) is 24.8. The van der Waals surface area contributed by atoms with Gasteiger partial charge in [-0.2, -0.15) is 0 Å². The van der Waals surface area contributed by atoms with Crippen LogP contribution in [-0.2, 0) is 25.5 Å². The molecule has 4 rings (SSSR count). The third kappa shape index (κ3) is 8.64. The fourth-order valence-electron chi connectivity index (χ4n) is 4.85. The number of esters is 1. The number of hydrogen-bond acceptors (Lipinski definition) is 7. The Morgan fingerprint density at radius 1 is 1.05 bits per heavy atom. The van der Waals surface area contributed by atoms with Crippen LogP contribution in [0.1, 0.15) is 62.8 Å². The molecule has 1 heterocycles.